The van der Waals surface area contributed by atoms with Crippen LogP contribution in [0.15, 0.2) is 96.3 Å². The molecule has 0 N–H and O–H groups in total. The third-order valence-electron chi connectivity index (χ3n) is 5.84. The molecule has 152 valence electrons. The van der Waals surface area contributed by atoms with Gasteiger partial charge in [0.2, 0.25) is 0 Å². The van der Waals surface area contributed by atoms with E-state index in [1.165, 1.54) is 33.4 Å². The largest absolute Gasteiger partial charge is 0.292 e. The van der Waals surface area contributed by atoms with E-state index in [4.69, 9.17) is 11.6 Å². The fourth-order valence-electron chi connectivity index (χ4n) is 4.25. The van der Waals surface area contributed by atoms with E-state index >= 15 is 0 Å². The van der Waals surface area contributed by atoms with Gasteiger partial charge >= 0.3 is 0 Å². The summed E-state index contributed by atoms with van der Waals surface area (Å²) in [5.74, 6) is 0.286. The first-order valence-electron chi connectivity index (χ1n) is 10.7. The van der Waals surface area contributed by atoms with E-state index in [9.17, 15) is 0 Å². The van der Waals surface area contributed by atoms with Crippen molar-refractivity contribution in [2.45, 2.75) is 18.8 Å². The number of hydrogen-bond donors (Lipinski definition) is 0. The number of nitrogens with zero attached hydrogens (tertiary/aromatic N) is 2. The topological polar surface area (TPSA) is 25.2 Å². The predicted molar refractivity (Wildman–Crippen MR) is 132 cm³/mol. The fraction of sp³-hybridized carbons (Fsp3) is 0.143. The van der Waals surface area contributed by atoms with Crippen LogP contribution in [0.3, 0.4) is 0 Å². The molecule has 2 aromatic carbocycles. The van der Waals surface area contributed by atoms with Crippen molar-refractivity contribution in [2.24, 2.45) is 4.99 Å². The van der Waals surface area contributed by atoms with Crippen LogP contribution < -0.4 is 0 Å². The Morgan fingerprint density at radius 3 is 2.65 bits per heavy atom. The molecular formula is C28H23ClN2. The van der Waals surface area contributed by atoms with Crippen molar-refractivity contribution < 1.29 is 0 Å². The van der Waals surface area contributed by atoms with Crippen LogP contribution in [0.2, 0.25) is 5.02 Å². The summed E-state index contributed by atoms with van der Waals surface area (Å²) in [5, 5.41) is 0.766. The molecule has 0 fully saturated rings. The standard InChI is InChI=1S/C28H23ClN2/c29-28-16-26(22-7-1-5-20(13-22)24-9-3-11-30-18-24)15-27(17-28)23-8-2-6-21(14-23)25-10-4-12-31-19-25/h1-3,5-11,14-19,22H,4,12-13H2. The Morgan fingerprint density at radius 2 is 1.81 bits per heavy atom. The van der Waals surface area contributed by atoms with Gasteiger partial charge in [0, 0.05) is 36.1 Å². The maximum Gasteiger partial charge on any atom is 0.0424 e. The Labute approximate surface area is 188 Å². The normalized spacial score (nSPS) is 17.9. The van der Waals surface area contributed by atoms with E-state index in [0.29, 0.717) is 0 Å². The van der Waals surface area contributed by atoms with Gasteiger partial charge < -0.3 is 0 Å². The molecule has 31 heavy (non-hydrogen) atoms. The van der Waals surface area contributed by atoms with Gasteiger partial charge in [-0.1, -0.05) is 66.2 Å². The van der Waals surface area contributed by atoms with E-state index in [2.05, 4.69) is 82.8 Å². The van der Waals surface area contributed by atoms with E-state index < -0.39 is 0 Å². The molecule has 1 aliphatic heterocycles. The third kappa shape index (κ3) is 4.45. The summed E-state index contributed by atoms with van der Waals surface area (Å²) in [4.78, 5) is 8.70. The van der Waals surface area contributed by atoms with Gasteiger partial charge in [-0.15, -0.1) is 0 Å². The van der Waals surface area contributed by atoms with Crippen molar-refractivity contribution in [3.8, 4) is 11.1 Å². The lowest BCUT2D eigenvalue weighted by atomic mass is 9.85. The Morgan fingerprint density at radius 1 is 0.903 bits per heavy atom. The monoisotopic (exact) mass is 422 g/mol. The first-order valence-corrected chi connectivity index (χ1v) is 11.0. The van der Waals surface area contributed by atoms with Gasteiger partial charge in [-0.05, 0) is 76.1 Å². The number of dihydropyridines is 1. The van der Waals surface area contributed by atoms with Crippen LogP contribution in [0.25, 0.3) is 22.3 Å². The Hall–Kier alpha value is -3.23. The van der Waals surface area contributed by atoms with Crippen LogP contribution in [0, 0.1) is 0 Å². The smallest absolute Gasteiger partial charge is 0.0424 e. The highest BCUT2D eigenvalue weighted by Gasteiger charge is 2.17. The average Bonchev–Trinajstić information content (AvgIpc) is 2.85. The molecule has 1 unspecified atom stereocenters. The second kappa shape index (κ2) is 8.87. The zero-order valence-electron chi connectivity index (χ0n) is 17.2. The molecule has 0 bridgehead atoms. The van der Waals surface area contributed by atoms with Crippen LogP contribution in [0.1, 0.15) is 35.4 Å². The van der Waals surface area contributed by atoms with Gasteiger partial charge in [0.15, 0.2) is 0 Å². The van der Waals surface area contributed by atoms with Gasteiger partial charge in [0.05, 0.1) is 0 Å². The van der Waals surface area contributed by atoms with Crippen LogP contribution >= 0.6 is 11.6 Å². The molecule has 1 aromatic heterocycles. The minimum atomic E-state index is 0.286. The van der Waals surface area contributed by atoms with Gasteiger partial charge in [0.1, 0.15) is 0 Å². The molecule has 0 saturated carbocycles. The van der Waals surface area contributed by atoms with Gasteiger partial charge in [0.25, 0.3) is 0 Å². The molecule has 2 aliphatic rings. The maximum atomic E-state index is 6.58. The van der Waals surface area contributed by atoms with E-state index in [1.807, 2.05) is 24.7 Å². The Kier molecular flexibility index (Phi) is 5.64. The molecule has 3 heteroatoms. The van der Waals surface area contributed by atoms with Crippen molar-refractivity contribution in [3.63, 3.8) is 0 Å². The summed E-state index contributed by atoms with van der Waals surface area (Å²) in [5.41, 5.74) is 8.41. The van der Waals surface area contributed by atoms with Crippen LogP contribution in [-0.2, 0) is 0 Å². The number of aromatic nitrogens is 1. The summed E-state index contributed by atoms with van der Waals surface area (Å²) in [6.07, 6.45) is 16.5. The predicted octanol–water partition coefficient (Wildman–Crippen LogP) is 7.39. The van der Waals surface area contributed by atoms with E-state index in [0.717, 1.165) is 30.0 Å². The lowest BCUT2D eigenvalue weighted by Crippen LogP contribution is -2.01. The SMILES string of the molecule is Clc1cc(-c2cccc(C3=CCCN=C3)c2)cc(C2C=CC=C(c3cccnc3)C2)c1. The lowest BCUT2D eigenvalue weighted by Gasteiger charge is -2.20. The quantitative estimate of drug-likeness (QED) is 0.430. The highest BCUT2D eigenvalue weighted by molar-refractivity contribution is 6.31. The maximum absolute atomic E-state index is 6.58. The minimum Gasteiger partial charge on any atom is -0.292 e. The van der Waals surface area contributed by atoms with Crippen molar-refractivity contribution in [2.75, 3.05) is 6.54 Å². The molecular weight excluding hydrogens is 400 g/mol. The van der Waals surface area contributed by atoms with Crippen LogP contribution in [0.4, 0.5) is 0 Å². The highest BCUT2D eigenvalue weighted by Crippen LogP contribution is 2.37. The molecule has 2 heterocycles. The minimum absolute atomic E-state index is 0.286. The second-order valence-corrected chi connectivity index (χ2v) is 8.40. The first kappa shape index (κ1) is 19.7. The number of pyridine rings is 1. The van der Waals surface area contributed by atoms with Crippen molar-refractivity contribution >= 4 is 29.0 Å². The van der Waals surface area contributed by atoms with Crippen molar-refractivity contribution in [3.05, 3.63) is 113 Å². The molecule has 5 rings (SSSR count). The molecule has 0 amide bonds. The number of allylic oxidation sites excluding steroid dienone is 5. The molecule has 0 radical (unpaired) electrons. The van der Waals surface area contributed by atoms with E-state index in [1.54, 1.807) is 0 Å². The first-order chi connectivity index (χ1) is 15.3. The fourth-order valence-corrected chi connectivity index (χ4v) is 4.49. The van der Waals surface area contributed by atoms with Crippen LogP contribution in [0.5, 0.6) is 0 Å². The number of aliphatic imine (C=N–C) groups is 1. The number of halogens is 1. The number of hydrogen-bond acceptors (Lipinski definition) is 2. The third-order valence-corrected chi connectivity index (χ3v) is 6.06. The molecule has 0 saturated heterocycles. The summed E-state index contributed by atoms with van der Waals surface area (Å²) in [6.45, 7) is 0.880. The summed E-state index contributed by atoms with van der Waals surface area (Å²) in [7, 11) is 0. The molecule has 1 aliphatic carbocycles. The Bertz CT molecular complexity index is 1220. The van der Waals surface area contributed by atoms with Gasteiger partial charge in [-0.3, -0.25) is 9.98 Å². The van der Waals surface area contributed by atoms with Gasteiger partial charge in [-0.2, -0.15) is 0 Å². The Balaban J connectivity index is 1.45. The zero-order chi connectivity index (χ0) is 21.0. The highest BCUT2D eigenvalue weighted by atomic mass is 35.5. The zero-order valence-corrected chi connectivity index (χ0v) is 18.0. The van der Waals surface area contributed by atoms with E-state index in [-0.39, 0.29) is 5.92 Å². The van der Waals surface area contributed by atoms with Crippen molar-refractivity contribution in [1.82, 2.24) is 4.98 Å². The summed E-state index contributed by atoms with van der Waals surface area (Å²) >= 11 is 6.58. The molecule has 3 aromatic rings. The molecule has 2 nitrogen and oxygen atoms in total. The summed E-state index contributed by atoms with van der Waals surface area (Å²) in [6, 6.07) is 19.2. The molecule has 1 atom stereocenters. The van der Waals surface area contributed by atoms with Crippen molar-refractivity contribution in [1.29, 1.82) is 0 Å². The number of rotatable bonds is 4. The van der Waals surface area contributed by atoms with Crippen LogP contribution in [-0.4, -0.2) is 17.7 Å². The molecule has 0 spiro atoms. The summed E-state index contributed by atoms with van der Waals surface area (Å²) < 4.78 is 0. The number of benzene rings is 2. The second-order valence-electron chi connectivity index (χ2n) is 7.97. The van der Waals surface area contributed by atoms with Gasteiger partial charge in [-0.25, -0.2) is 0 Å². The average molecular weight is 423 g/mol. The lowest BCUT2D eigenvalue weighted by molar-refractivity contribution is 0.867.